The number of thiazole rings is 2. The molecule has 0 aliphatic carbocycles. The number of fused-ring (bicyclic) bond motifs is 2. The third kappa shape index (κ3) is 3.90. The first kappa shape index (κ1) is 18.7. The van der Waals surface area contributed by atoms with Crippen LogP contribution in [0.3, 0.4) is 0 Å². The summed E-state index contributed by atoms with van der Waals surface area (Å²) < 4.78 is 8.06. The van der Waals surface area contributed by atoms with Gasteiger partial charge in [-0.25, -0.2) is 9.97 Å². The summed E-state index contributed by atoms with van der Waals surface area (Å²) in [6, 6.07) is 16.3. The fraction of sp³-hybridized carbons (Fsp3) is 0.318. The first-order valence-corrected chi connectivity index (χ1v) is 11.5. The molecule has 148 valence electrons. The molecule has 2 aromatic heterocycles. The molecule has 1 amide bonds. The van der Waals surface area contributed by atoms with Gasteiger partial charge < -0.3 is 9.64 Å². The lowest BCUT2D eigenvalue weighted by atomic mass is 10.0. The number of aromatic nitrogens is 2. The lowest BCUT2D eigenvalue weighted by Gasteiger charge is -2.34. The van der Waals surface area contributed by atoms with Gasteiger partial charge in [-0.05, 0) is 43.5 Å². The molecule has 7 heteroatoms. The highest BCUT2D eigenvalue weighted by atomic mass is 32.1. The Hall–Kier alpha value is -2.35. The van der Waals surface area contributed by atoms with Gasteiger partial charge in [0.2, 0.25) is 5.91 Å². The van der Waals surface area contributed by atoms with E-state index in [0.717, 1.165) is 51.6 Å². The highest BCUT2D eigenvalue weighted by molar-refractivity contribution is 7.18. The number of hydrogen-bond acceptors (Lipinski definition) is 6. The van der Waals surface area contributed by atoms with Crippen LogP contribution < -0.4 is 0 Å². The lowest BCUT2D eigenvalue weighted by molar-refractivity contribution is -0.140. The average Bonchev–Trinajstić information content (AvgIpc) is 3.37. The van der Waals surface area contributed by atoms with E-state index in [2.05, 4.69) is 17.1 Å². The highest BCUT2D eigenvalue weighted by Gasteiger charge is 2.30. The van der Waals surface area contributed by atoms with E-state index >= 15 is 0 Å². The van der Waals surface area contributed by atoms with Gasteiger partial charge >= 0.3 is 0 Å². The molecule has 1 aliphatic rings. The maximum absolute atomic E-state index is 12.9. The second-order valence-electron chi connectivity index (χ2n) is 7.19. The smallest absolute Gasteiger partial charge is 0.249 e. The van der Waals surface area contributed by atoms with E-state index in [1.165, 1.54) is 4.70 Å². The molecular formula is C22H21N3O2S2. The molecule has 0 unspecified atom stereocenters. The summed E-state index contributed by atoms with van der Waals surface area (Å²) in [6.07, 6.45) is 3.12. The molecule has 5 rings (SSSR count). The summed E-state index contributed by atoms with van der Waals surface area (Å²) in [5, 5.41) is 1.94. The number of hydrogen-bond donors (Lipinski definition) is 0. The van der Waals surface area contributed by atoms with Gasteiger partial charge in [0.15, 0.2) is 0 Å². The fourth-order valence-electron chi connectivity index (χ4n) is 3.81. The van der Waals surface area contributed by atoms with Crippen molar-refractivity contribution in [3.8, 4) is 0 Å². The molecule has 1 aliphatic heterocycles. The number of carbonyl (C=O) groups is 1. The maximum atomic E-state index is 12.9. The summed E-state index contributed by atoms with van der Waals surface area (Å²) in [5.74, 6) is 0.0371. The molecule has 29 heavy (non-hydrogen) atoms. The Bertz CT molecular complexity index is 1090. The molecule has 4 aromatic rings. The van der Waals surface area contributed by atoms with Gasteiger partial charge in [-0.1, -0.05) is 24.3 Å². The number of para-hydroxylation sites is 2. The SMILES string of the molecule is O=C(COCc1nc2ccccc2s1)N1CCCC[C@@H]1c1nc2ccccc2s1. The summed E-state index contributed by atoms with van der Waals surface area (Å²) in [6.45, 7) is 1.21. The molecule has 0 saturated carbocycles. The Balaban J connectivity index is 1.25. The standard InChI is InChI=1S/C22H21N3O2S2/c26-21(14-27-13-20-23-15-7-1-3-10-18(15)28-20)25-12-6-5-9-17(25)22-24-16-8-2-4-11-19(16)29-22/h1-4,7-8,10-11,17H,5-6,9,12-14H2/t17-/m1/s1. The second kappa shape index (κ2) is 8.18. The minimum absolute atomic E-state index is 0.0371. The first-order valence-electron chi connectivity index (χ1n) is 9.85. The molecule has 0 spiro atoms. The van der Waals surface area contributed by atoms with Crippen molar-refractivity contribution >= 4 is 49.0 Å². The largest absolute Gasteiger partial charge is 0.364 e. The third-order valence-corrected chi connectivity index (χ3v) is 7.36. The third-order valence-electron chi connectivity index (χ3n) is 5.21. The van der Waals surface area contributed by atoms with E-state index < -0.39 is 0 Å². The number of piperidine rings is 1. The molecule has 1 atom stereocenters. The Labute approximate surface area is 177 Å². The van der Waals surface area contributed by atoms with Gasteiger partial charge in [0.25, 0.3) is 0 Å². The predicted octanol–water partition coefficient (Wildman–Crippen LogP) is 5.18. The van der Waals surface area contributed by atoms with Crippen LogP contribution in [-0.4, -0.2) is 33.9 Å². The van der Waals surface area contributed by atoms with Crippen LogP contribution in [0.15, 0.2) is 48.5 Å². The highest BCUT2D eigenvalue weighted by Crippen LogP contribution is 2.35. The maximum Gasteiger partial charge on any atom is 0.249 e. The Kier molecular flexibility index (Phi) is 5.26. The van der Waals surface area contributed by atoms with E-state index in [1.807, 2.05) is 41.3 Å². The number of carbonyl (C=O) groups excluding carboxylic acids is 1. The van der Waals surface area contributed by atoms with Crippen LogP contribution in [0.4, 0.5) is 0 Å². The van der Waals surface area contributed by atoms with Gasteiger partial charge in [-0.3, -0.25) is 4.79 Å². The fourth-order valence-corrected chi connectivity index (χ4v) is 5.83. The number of ether oxygens (including phenoxy) is 1. The van der Waals surface area contributed by atoms with Crippen molar-refractivity contribution < 1.29 is 9.53 Å². The van der Waals surface area contributed by atoms with Gasteiger partial charge in [0, 0.05) is 6.54 Å². The predicted molar refractivity (Wildman–Crippen MR) is 117 cm³/mol. The minimum atomic E-state index is 0.0371. The van der Waals surface area contributed by atoms with Crippen molar-refractivity contribution in [2.24, 2.45) is 0 Å². The zero-order valence-electron chi connectivity index (χ0n) is 15.9. The van der Waals surface area contributed by atoms with Crippen LogP contribution in [0.5, 0.6) is 0 Å². The van der Waals surface area contributed by atoms with Crippen molar-refractivity contribution in [2.45, 2.75) is 31.9 Å². The zero-order valence-corrected chi connectivity index (χ0v) is 17.5. The van der Waals surface area contributed by atoms with Crippen LogP contribution in [0.25, 0.3) is 20.4 Å². The van der Waals surface area contributed by atoms with E-state index in [-0.39, 0.29) is 18.6 Å². The molecule has 1 saturated heterocycles. The van der Waals surface area contributed by atoms with Crippen LogP contribution in [0, 0.1) is 0 Å². The van der Waals surface area contributed by atoms with Gasteiger partial charge in [0.05, 0.1) is 33.1 Å². The van der Waals surface area contributed by atoms with Crippen LogP contribution >= 0.6 is 22.7 Å². The molecule has 1 fully saturated rings. The monoisotopic (exact) mass is 423 g/mol. The molecule has 5 nitrogen and oxygen atoms in total. The van der Waals surface area contributed by atoms with E-state index in [1.54, 1.807) is 22.7 Å². The van der Waals surface area contributed by atoms with E-state index in [0.29, 0.717) is 6.61 Å². The second-order valence-corrected chi connectivity index (χ2v) is 9.36. The number of nitrogens with zero attached hydrogens (tertiary/aromatic N) is 3. The quantitative estimate of drug-likeness (QED) is 0.444. The summed E-state index contributed by atoms with van der Waals surface area (Å²) in [4.78, 5) is 24.2. The summed E-state index contributed by atoms with van der Waals surface area (Å²) in [7, 11) is 0. The minimum Gasteiger partial charge on any atom is -0.364 e. The van der Waals surface area contributed by atoms with Gasteiger partial charge in [0.1, 0.15) is 16.6 Å². The van der Waals surface area contributed by atoms with E-state index in [4.69, 9.17) is 9.72 Å². The number of likely N-dealkylation sites (tertiary alicyclic amines) is 1. The average molecular weight is 424 g/mol. The van der Waals surface area contributed by atoms with Crippen molar-refractivity contribution in [2.75, 3.05) is 13.2 Å². The number of rotatable bonds is 5. The van der Waals surface area contributed by atoms with Crippen LogP contribution in [0.2, 0.25) is 0 Å². The molecule has 3 heterocycles. The normalized spacial score (nSPS) is 17.2. The van der Waals surface area contributed by atoms with Crippen molar-refractivity contribution in [1.82, 2.24) is 14.9 Å². The molecule has 0 bridgehead atoms. The molecule has 0 N–H and O–H groups in total. The topological polar surface area (TPSA) is 55.3 Å². The van der Waals surface area contributed by atoms with Crippen LogP contribution in [-0.2, 0) is 16.1 Å². The summed E-state index contributed by atoms with van der Waals surface area (Å²) in [5.41, 5.74) is 1.99. The number of amides is 1. The Morgan fingerprint density at radius 1 is 1.00 bits per heavy atom. The zero-order chi connectivity index (χ0) is 19.6. The first-order chi connectivity index (χ1) is 14.3. The van der Waals surface area contributed by atoms with Gasteiger partial charge in [-0.2, -0.15) is 0 Å². The van der Waals surface area contributed by atoms with Crippen molar-refractivity contribution in [3.05, 3.63) is 58.5 Å². The van der Waals surface area contributed by atoms with Gasteiger partial charge in [-0.15, -0.1) is 22.7 Å². The molecule has 2 aromatic carbocycles. The Morgan fingerprint density at radius 2 is 1.72 bits per heavy atom. The van der Waals surface area contributed by atoms with E-state index in [9.17, 15) is 4.79 Å². The molecular weight excluding hydrogens is 402 g/mol. The lowest BCUT2D eigenvalue weighted by Crippen LogP contribution is -2.40. The number of benzene rings is 2. The van der Waals surface area contributed by atoms with Crippen molar-refractivity contribution in [3.63, 3.8) is 0 Å². The Morgan fingerprint density at radius 3 is 2.48 bits per heavy atom. The van der Waals surface area contributed by atoms with Crippen LogP contribution in [0.1, 0.15) is 35.3 Å². The summed E-state index contributed by atoms with van der Waals surface area (Å²) >= 11 is 3.31. The van der Waals surface area contributed by atoms with Crippen molar-refractivity contribution in [1.29, 1.82) is 0 Å². The molecule has 0 radical (unpaired) electrons.